The third kappa shape index (κ3) is 2.39. The summed E-state index contributed by atoms with van der Waals surface area (Å²) in [5, 5.41) is 5.98. The number of hydrogen-bond acceptors (Lipinski definition) is 4. The van der Waals surface area contributed by atoms with E-state index in [2.05, 4.69) is 20.5 Å². The molecular formula is C12H18N4O. The fourth-order valence-corrected chi connectivity index (χ4v) is 2.09. The van der Waals surface area contributed by atoms with Gasteiger partial charge in [0.2, 0.25) is 5.91 Å². The SMILES string of the molecule is CNCc1cccnc1N1CCNC(=O)C1C. The molecule has 0 bridgehead atoms. The van der Waals surface area contributed by atoms with Gasteiger partial charge in [-0.3, -0.25) is 4.79 Å². The highest BCUT2D eigenvalue weighted by molar-refractivity contribution is 5.85. The molecule has 92 valence electrons. The molecule has 2 N–H and O–H groups in total. The standard InChI is InChI=1S/C12H18N4O/c1-9-12(17)15-6-7-16(9)11-10(8-13-2)4-3-5-14-11/h3-5,9,13H,6-8H2,1-2H3,(H,15,17). The molecule has 5 nitrogen and oxygen atoms in total. The second kappa shape index (κ2) is 5.14. The van der Waals surface area contributed by atoms with Gasteiger partial charge in [-0.2, -0.15) is 0 Å². The van der Waals surface area contributed by atoms with Crippen molar-refractivity contribution in [3.05, 3.63) is 23.9 Å². The smallest absolute Gasteiger partial charge is 0.242 e. The first-order valence-electron chi connectivity index (χ1n) is 5.87. The predicted molar refractivity (Wildman–Crippen MR) is 66.8 cm³/mol. The minimum atomic E-state index is -0.158. The number of carbonyl (C=O) groups is 1. The average molecular weight is 234 g/mol. The Morgan fingerprint density at radius 2 is 2.47 bits per heavy atom. The third-order valence-corrected chi connectivity index (χ3v) is 3.01. The Bertz CT molecular complexity index is 407. The van der Waals surface area contributed by atoms with E-state index in [4.69, 9.17) is 0 Å². The lowest BCUT2D eigenvalue weighted by atomic mass is 10.1. The van der Waals surface area contributed by atoms with Crippen LogP contribution in [-0.4, -0.2) is 37.1 Å². The molecule has 5 heteroatoms. The van der Waals surface area contributed by atoms with Crippen molar-refractivity contribution in [3.63, 3.8) is 0 Å². The average Bonchev–Trinajstić information content (AvgIpc) is 2.34. The Morgan fingerprint density at radius 1 is 1.65 bits per heavy atom. The summed E-state index contributed by atoms with van der Waals surface area (Å²) in [4.78, 5) is 18.1. The van der Waals surface area contributed by atoms with Crippen LogP contribution in [0, 0.1) is 0 Å². The maximum Gasteiger partial charge on any atom is 0.242 e. The second-order valence-corrected chi connectivity index (χ2v) is 4.18. The number of carbonyl (C=O) groups excluding carboxylic acids is 1. The van der Waals surface area contributed by atoms with Gasteiger partial charge in [0.25, 0.3) is 0 Å². The summed E-state index contributed by atoms with van der Waals surface area (Å²) in [7, 11) is 1.91. The molecule has 1 aromatic rings. The molecule has 2 rings (SSSR count). The number of nitrogens with one attached hydrogen (secondary N) is 2. The van der Waals surface area contributed by atoms with E-state index in [1.165, 1.54) is 0 Å². The molecule has 0 saturated carbocycles. The Kier molecular flexibility index (Phi) is 3.58. The van der Waals surface area contributed by atoms with E-state index in [0.29, 0.717) is 6.54 Å². The van der Waals surface area contributed by atoms with Gasteiger partial charge in [0.15, 0.2) is 0 Å². The highest BCUT2D eigenvalue weighted by Gasteiger charge is 2.27. The topological polar surface area (TPSA) is 57.3 Å². The number of anilines is 1. The molecule has 1 aliphatic rings. The van der Waals surface area contributed by atoms with Gasteiger partial charge in [-0.15, -0.1) is 0 Å². The van der Waals surface area contributed by atoms with Crippen molar-refractivity contribution < 1.29 is 4.79 Å². The third-order valence-electron chi connectivity index (χ3n) is 3.01. The molecular weight excluding hydrogens is 216 g/mol. The quantitative estimate of drug-likeness (QED) is 0.780. The molecule has 0 spiro atoms. The van der Waals surface area contributed by atoms with Crippen LogP contribution in [-0.2, 0) is 11.3 Å². The molecule has 1 fully saturated rings. The summed E-state index contributed by atoms with van der Waals surface area (Å²) in [6.45, 7) is 4.15. The minimum Gasteiger partial charge on any atom is -0.353 e. The van der Waals surface area contributed by atoms with Crippen LogP contribution in [0.15, 0.2) is 18.3 Å². The van der Waals surface area contributed by atoms with Gasteiger partial charge in [-0.1, -0.05) is 6.07 Å². The summed E-state index contributed by atoms with van der Waals surface area (Å²) in [6, 6.07) is 3.80. The zero-order valence-corrected chi connectivity index (χ0v) is 10.2. The van der Waals surface area contributed by atoms with Crippen LogP contribution < -0.4 is 15.5 Å². The van der Waals surface area contributed by atoms with Crippen molar-refractivity contribution in [3.8, 4) is 0 Å². The Morgan fingerprint density at radius 3 is 3.24 bits per heavy atom. The molecule has 2 heterocycles. The molecule has 0 aromatic carbocycles. The van der Waals surface area contributed by atoms with E-state index in [0.717, 1.165) is 24.5 Å². The maximum absolute atomic E-state index is 11.7. The highest BCUT2D eigenvalue weighted by Crippen LogP contribution is 2.20. The van der Waals surface area contributed by atoms with Crippen molar-refractivity contribution in [2.24, 2.45) is 0 Å². The van der Waals surface area contributed by atoms with Crippen molar-refractivity contribution in [2.45, 2.75) is 19.5 Å². The second-order valence-electron chi connectivity index (χ2n) is 4.18. The first-order chi connectivity index (χ1) is 8.24. The number of pyridine rings is 1. The van der Waals surface area contributed by atoms with E-state index in [1.807, 2.05) is 26.1 Å². The zero-order chi connectivity index (χ0) is 12.3. The summed E-state index contributed by atoms with van der Waals surface area (Å²) in [5.41, 5.74) is 1.12. The minimum absolute atomic E-state index is 0.0670. The van der Waals surface area contributed by atoms with Crippen molar-refractivity contribution in [1.29, 1.82) is 0 Å². The van der Waals surface area contributed by atoms with Crippen molar-refractivity contribution >= 4 is 11.7 Å². The van der Waals surface area contributed by atoms with E-state index >= 15 is 0 Å². The molecule has 1 aromatic heterocycles. The predicted octanol–water partition coefficient (Wildman–Crippen LogP) is 0.126. The van der Waals surface area contributed by atoms with Crippen LogP contribution in [0.25, 0.3) is 0 Å². The number of aromatic nitrogens is 1. The molecule has 1 saturated heterocycles. The molecule has 1 aliphatic heterocycles. The van der Waals surface area contributed by atoms with Gasteiger partial charge in [0.05, 0.1) is 0 Å². The first-order valence-corrected chi connectivity index (χ1v) is 5.87. The van der Waals surface area contributed by atoms with Gasteiger partial charge < -0.3 is 15.5 Å². The summed E-state index contributed by atoms with van der Waals surface area (Å²) >= 11 is 0. The van der Waals surface area contributed by atoms with Crippen LogP contribution in [0.4, 0.5) is 5.82 Å². The summed E-state index contributed by atoms with van der Waals surface area (Å²) in [5.74, 6) is 0.974. The van der Waals surface area contributed by atoms with Gasteiger partial charge in [0.1, 0.15) is 11.9 Å². The number of amides is 1. The van der Waals surface area contributed by atoms with Gasteiger partial charge in [-0.25, -0.2) is 4.98 Å². The molecule has 1 unspecified atom stereocenters. The van der Waals surface area contributed by atoms with Crippen LogP contribution in [0.5, 0.6) is 0 Å². The Balaban J connectivity index is 2.29. The van der Waals surface area contributed by atoms with E-state index in [9.17, 15) is 4.79 Å². The molecule has 0 aliphatic carbocycles. The lowest BCUT2D eigenvalue weighted by molar-refractivity contribution is -0.122. The highest BCUT2D eigenvalue weighted by atomic mass is 16.2. The molecule has 1 atom stereocenters. The van der Waals surface area contributed by atoms with E-state index < -0.39 is 0 Å². The summed E-state index contributed by atoms with van der Waals surface area (Å²) in [6.07, 6.45) is 1.77. The number of hydrogen-bond donors (Lipinski definition) is 2. The van der Waals surface area contributed by atoms with E-state index in [-0.39, 0.29) is 11.9 Å². The zero-order valence-electron chi connectivity index (χ0n) is 10.2. The van der Waals surface area contributed by atoms with Crippen molar-refractivity contribution in [1.82, 2.24) is 15.6 Å². The van der Waals surface area contributed by atoms with Crippen molar-refractivity contribution in [2.75, 3.05) is 25.0 Å². The monoisotopic (exact) mass is 234 g/mol. The van der Waals surface area contributed by atoms with Gasteiger partial charge in [-0.05, 0) is 20.0 Å². The fourth-order valence-electron chi connectivity index (χ4n) is 2.09. The lowest BCUT2D eigenvalue weighted by Crippen LogP contribution is -2.54. The number of rotatable bonds is 3. The lowest BCUT2D eigenvalue weighted by Gasteiger charge is -2.34. The Labute approximate surface area is 101 Å². The van der Waals surface area contributed by atoms with Crippen LogP contribution in [0.1, 0.15) is 12.5 Å². The number of piperazine rings is 1. The summed E-state index contributed by atoms with van der Waals surface area (Å²) < 4.78 is 0. The Hall–Kier alpha value is -1.62. The van der Waals surface area contributed by atoms with Crippen LogP contribution in [0.3, 0.4) is 0 Å². The molecule has 1 amide bonds. The largest absolute Gasteiger partial charge is 0.353 e. The van der Waals surface area contributed by atoms with Crippen LogP contribution >= 0.6 is 0 Å². The van der Waals surface area contributed by atoms with E-state index in [1.54, 1.807) is 6.20 Å². The number of nitrogens with zero attached hydrogens (tertiary/aromatic N) is 2. The van der Waals surface area contributed by atoms with Crippen LogP contribution in [0.2, 0.25) is 0 Å². The molecule has 0 radical (unpaired) electrons. The van der Waals surface area contributed by atoms with Gasteiger partial charge >= 0.3 is 0 Å². The molecule has 17 heavy (non-hydrogen) atoms. The maximum atomic E-state index is 11.7. The van der Waals surface area contributed by atoms with Gasteiger partial charge in [0, 0.05) is 31.4 Å². The first kappa shape index (κ1) is 11.9. The normalized spacial score (nSPS) is 20.2. The fraction of sp³-hybridized carbons (Fsp3) is 0.500.